The van der Waals surface area contributed by atoms with Gasteiger partial charge in [0.05, 0.1) is 12.9 Å². The van der Waals surface area contributed by atoms with Crippen molar-refractivity contribution in [3.8, 4) is 5.75 Å². The predicted octanol–water partition coefficient (Wildman–Crippen LogP) is 2.65. The van der Waals surface area contributed by atoms with Crippen LogP contribution < -0.4 is 10.5 Å². The molecular weight excluding hydrogens is 308 g/mol. The lowest BCUT2D eigenvalue weighted by Crippen LogP contribution is -2.40. The Bertz CT molecular complexity index is 455. The van der Waals surface area contributed by atoms with Crippen molar-refractivity contribution in [1.29, 1.82) is 0 Å². The number of rotatable bonds is 7. The van der Waals surface area contributed by atoms with E-state index in [4.69, 9.17) is 10.5 Å². The minimum atomic E-state index is -0.0506. The fraction of sp³-hybridized carbons (Fsp3) is 0.533. The Morgan fingerprint density at radius 3 is 2.67 bits per heavy atom. The summed E-state index contributed by atoms with van der Waals surface area (Å²) in [5, 5.41) is 0. The highest BCUT2D eigenvalue weighted by Crippen LogP contribution is 2.23. The third kappa shape index (κ3) is 7.07. The third-order valence-corrected chi connectivity index (χ3v) is 4.03. The highest BCUT2D eigenvalue weighted by Gasteiger charge is 2.21. The maximum absolute atomic E-state index is 12.1. The molecule has 0 unspecified atom stereocenters. The van der Waals surface area contributed by atoms with Gasteiger partial charge in [0, 0.05) is 18.5 Å². The average molecular weight is 333 g/mol. The summed E-state index contributed by atoms with van der Waals surface area (Å²) in [5.41, 5.74) is 5.64. The quantitative estimate of drug-likeness (QED) is 0.780. The van der Waals surface area contributed by atoms with E-state index in [1.807, 2.05) is 31.3 Å². The second-order valence-corrected chi connectivity index (χ2v) is 6.63. The topological polar surface area (TPSA) is 55.6 Å². The predicted molar refractivity (Wildman–Crippen MR) is 91.4 cm³/mol. The summed E-state index contributed by atoms with van der Waals surface area (Å²) >= 11 is 1.52. The molecule has 1 rings (SSSR count). The van der Waals surface area contributed by atoms with Crippen LogP contribution in [-0.2, 0) is 4.79 Å². The largest absolute Gasteiger partial charge is 0.497 e. The Morgan fingerprint density at radius 1 is 1.43 bits per heavy atom. The first-order valence-electron chi connectivity index (χ1n) is 6.59. The fourth-order valence-electron chi connectivity index (χ4n) is 1.74. The number of methoxy groups -OCH3 is 1. The first-order valence-corrected chi connectivity index (χ1v) is 7.57. The molecule has 0 spiro atoms. The van der Waals surface area contributed by atoms with E-state index in [0.717, 1.165) is 10.6 Å². The molecule has 0 aromatic heterocycles. The van der Waals surface area contributed by atoms with Crippen LogP contribution in [0.1, 0.15) is 13.8 Å². The highest BCUT2D eigenvalue weighted by atomic mass is 35.5. The molecule has 4 nitrogen and oxygen atoms in total. The maximum atomic E-state index is 12.1. The van der Waals surface area contributed by atoms with Gasteiger partial charge in [0.15, 0.2) is 0 Å². The van der Waals surface area contributed by atoms with E-state index in [9.17, 15) is 4.79 Å². The Kier molecular flexibility index (Phi) is 8.78. The Balaban J connectivity index is 0.00000400. The second kappa shape index (κ2) is 9.18. The van der Waals surface area contributed by atoms with Crippen LogP contribution in [0.25, 0.3) is 0 Å². The number of benzene rings is 1. The molecule has 2 N–H and O–H groups in total. The molecule has 0 radical (unpaired) electrons. The van der Waals surface area contributed by atoms with Crippen molar-refractivity contribution in [3.63, 3.8) is 0 Å². The molecule has 1 aromatic rings. The second-order valence-electron chi connectivity index (χ2n) is 5.59. The number of carbonyl (C=O) groups is 1. The number of hydrogen-bond donors (Lipinski definition) is 1. The molecule has 0 atom stereocenters. The van der Waals surface area contributed by atoms with E-state index >= 15 is 0 Å². The van der Waals surface area contributed by atoms with E-state index in [2.05, 4.69) is 13.8 Å². The van der Waals surface area contributed by atoms with Gasteiger partial charge in [-0.3, -0.25) is 4.79 Å². The summed E-state index contributed by atoms with van der Waals surface area (Å²) in [6.07, 6.45) is 0. The van der Waals surface area contributed by atoms with Gasteiger partial charge in [-0.05, 0) is 30.2 Å². The molecule has 0 fully saturated rings. The first-order chi connectivity index (χ1) is 9.38. The molecule has 0 aliphatic carbocycles. The number of carbonyl (C=O) groups excluding carboxylic acids is 1. The van der Waals surface area contributed by atoms with Crippen LogP contribution >= 0.6 is 24.2 Å². The third-order valence-electron chi connectivity index (χ3n) is 3.05. The fourth-order valence-corrected chi connectivity index (χ4v) is 2.63. The molecule has 21 heavy (non-hydrogen) atoms. The molecule has 120 valence electrons. The van der Waals surface area contributed by atoms with Crippen molar-refractivity contribution in [3.05, 3.63) is 24.3 Å². The monoisotopic (exact) mass is 332 g/mol. The molecule has 0 bridgehead atoms. The zero-order valence-electron chi connectivity index (χ0n) is 13.1. The number of ether oxygens (including phenoxy) is 1. The summed E-state index contributed by atoms with van der Waals surface area (Å²) in [6, 6.07) is 7.72. The lowest BCUT2D eigenvalue weighted by Gasteiger charge is -2.29. The average Bonchev–Trinajstić information content (AvgIpc) is 2.44. The van der Waals surface area contributed by atoms with Gasteiger partial charge in [0.2, 0.25) is 5.91 Å². The summed E-state index contributed by atoms with van der Waals surface area (Å²) in [6.45, 7) is 5.35. The zero-order valence-corrected chi connectivity index (χ0v) is 14.7. The van der Waals surface area contributed by atoms with Crippen molar-refractivity contribution >= 4 is 30.1 Å². The van der Waals surface area contributed by atoms with E-state index < -0.39 is 0 Å². The first kappa shape index (κ1) is 20.1. The van der Waals surface area contributed by atoms with Crippen LogP contribution in [0.15, 0.2) is 29.2 Å². The van der Waals surface area contributed by atoms with Crippen LogP contribution in [-0.4, -0.2) is 43.8 Å². The van der Waals surface area contributed by atoms with Crippen LogP contribution in [0.2, 0.25) is 0 Å². The molecule has 0 aliphatic rings. The van der Waals surface area contributed by atoms with Gasteiger partial charge in [0.25, 0.3) is 0 Å². The van der Waals surface area contributed by atoms with E-state index in [1.165, 1.54) is 11.8 Å². The smallest absolute Gasteiger partial charge is 0.232 e. The van der Waals surface area contributed by atoms with Crippen LogP contribution in [0.5, 0.6) is 5.75 Å². The van der Waals surface area contributed by atoms with Gasteiger partial charge < -0.3 is 15.4 Å². The van der Waals surface area contributed by atoms with Crippen molar-refractivity contribution in [2.24, 2.45) is 11.1 Å². The summed E-state index contributed by atoms with van der Waals surface area (Å²) in [4.78, 5) is 14.9. The van der Waals surface area contributed by atoms with Gasteiger partial charge in [0.1, 0.15) is 5.75 Å². The Morgan fingerprint density at radius 2 is 2.10 bits per heavy atom. The standard InChI is InChI=1S/C15H24N2O2S.ClH/c1-15(2,10-16)11-17(3)14(18)9-20-13-7-5-6-12(8-13)19-4;/h5-8H,9-11,16H2,1-4H3;1H. The molecule has 0 heterocycles. The van der Waals surface area contributed by atoms with Crippen LogP contribution in [0.3, 0.4) is 0 Å². The van der Waals surface area contributed by atoms with E-state index in [-0.39, 0.29) is 23.7 Å². The molecule has 0 saturated heterocycles. The number of thioether (sulfide) groups is 1. The van der Waals surface area contributed by atoms with Crippen molar-refractivity contribution in [1.82, 2.24) is 4.90 Å². The Hall–Kier alpha value is -0.910. The van der Waals surface area contributed by atoms with Crippen LogP contribution in [0.4, 0.5) is 0 Å². The number of nitrogens with two attached hydrogens (primary N) is 1. The molecule has 6 heteroatoms. The van der Waals surface area contributed by atoms with Crippen molar-refractivity contribution in [2.75, 3.05) is 33.0 Å². The maximum Gasteiger partial charge on any atom is 0.232 e. The van der Waals surface area contributed by atoms with Crippen molar-refractivity contribution in [2.45, 2.75) is 18.7 Å². The molecule has 1 aromatic carbocycles. The SMILES string of the molecule is COc1cccc(SCC(=O)N(C)CC(C)(C)CN)c1.Cl. The number of amides is 1. The minimum Gasteiger partial charge on any atom is -0.497 e. The van der Waals surface area contributed by atoms with Crippen molar-refractivity contribution < 1.29 is 9.53 Å². The number of halogens is 1. The minimum absolute atomic E-state index is 0. The molecule has 0 aliphatic heterocycles. The highest BCUT2D eigenvalue weighted by molar-refractivity contribution is 8.00. The number of nitrogens with zero attached hydrogens (tertiary/aromatic N) is 1. The number of hydrogen-bond acceptors (Lipinski definition) is 4. The summed E-state index contributed by atoms with van der Waals surface area (Å²) in [5.74, 6) is 1.34. The Labute approximate surface area is 137 Å². The summed E-state index contributed by atoms with van der Waals surface area (Å²) in [7, 11) is 3.46. The lowest BCUT2D eigenvalue weighted by molar-refractivity contribution is -0.128. The van der Waals surface area contributed by atoms with Crippen LogP contribution in [0, 0.1) is 5.41 Å². The van der Waals surface area contributed by atoms with Gasteiger partial charge in [-0.1, -0.05) is 19.9 Å². The molecular formula is C15H25ClN2O2S. The van der Waals surface area contributed by atoms with Gasteiger partial charge >= 0.3 is 0 Å². The normalized spacial score (nSPS) is 10.7. The molecule has 1 amide bonds. The van der Waals surface area contributed by atoms with E-state index in [0.29, 0.717) is 18.8 Å². The van der Waals surface area contributed by atoms with Gasteiger partial charge in [-0.2, -0.15) is 0 Å². The zero-order chi connectivity index (χ0) is 15.2. The molecule has 0 saturated carbocycles. The van der Waals surface area contributed by atoms with Gasteiger partial charge in [-0.15, -0.1) is 24.2 Å². The lowest BCUT2D eigenvalue weighted by atomic mass is 9.93. The summed E-state index contributed by atoms with van der Waals surface area (Å²) < 4.78 is 5.17. The van der Waals surface area contributed by atoms with E-state index in [1.54, 1.807) is 12.0 Å². The van der Waals surface area contributed by atoms with Gasteiger partial charge in [-0.25, -0.2) is 0 Å².